The Morgan fingerprint density at radius 2 is 2.00 bits per heavy atom. The third-order valence-corrected chi connectivity index (χ3v) is 4.62. The molecule has 3 aromatic rings. The first-order chi connectivity index (χ1) is 15.8. The number of benzene rings is 2. The fourth-order valence-corrected chi connectivity index (χ4v) is 3.02. The Kier molecular flexibility index (Phi) is 7.76. The van der Waals surface area contributed by atoms with Gasteiger partial charge >= 0.3 is 6.61 Å². The van der Waals surface area contributed by atoms with Gasteiger partial charge in [0.15, 0.2) is 17.3 Å². The number of para-hydroxylation sites is 1. The van der Waals surface area contributed by atoms with Crippen molar-refractivity contribution in [3.63, 3.8) is 0 Å². The largest absolute Gasteiger partial charge is 0.490 e. The number of carbonyl (C=O) groups excluding carboxylic acids is 1. The minimum absolute atomic E-state index is 0.0710. The number of hydrogen-bond acceptors (Lipinski definition) is 6. The van der Waals surface area contributed by atoms with Gasteiger partial charge in [0.25, 0.3) is 5.89 Å². The maximum absolute atomic E-state index is 12.6. The highest BCUT2D eigenvalue weighted by molar-refractivity contribution is 6.04. The van der Waals surface area contributed by atoms with Crippen molar-refractivity contribution in [3.8, 4) is 23.0 Å². The van der Waals surface area contributed by atoms with Gasteiger partial charge in [0, 0.05) is 12.0 Å². The Labute approximate surface area is 190 Å². The van der Waals surface area contributed by atoms with Crippen molar-refractivity contribution in [1.82, 2.24) is 10.1 Å². The van der Waals surface area contributed by atoms with Crippen molar-refractivity contribution in [3.05, 3.63) is 59.4 Å². The van der Waals surface area contributed by atoms with E-state index in [-0.39, 0.29) is 29.9 Å². The van der Waals surface area contributed by atoms with E-state index in [4.69, 9.17) is 9.26 Å². The van der Waals surface area contributed by atoms with Crippen LogP contribution in [0.25, 0.3) is 17.5 Å². The number of aromatic nitrogens is 2. The third kappa shape index (κ3) is 6.15. The Hall–Kier alpha value is -3.75. The van der Waals surface area contributed by atoms with Crippen LogP contribution in [0.3, 0.4) is 0 Å². The molecule has 0 aliphatic rings. The maximum Gasteiger partial charge on any atom is 0.387 e. The van der Waals surface area contributed by atoms with E-state index >= 15 is 0 Å². The molecule has 2 aromatic carbocycles. The Bertz CT molecular complexity index is 1140. The molecule has 0 spiro atoms. The van der Waals surface area contributed by atoms with Gasteiger partial charge in [0.2, 0.25) is 5.91 Å². The fraction of sp³-hybridized carbons (Fsp3) is 0.292. The molecule has 1 amide bonds. The molecule has 3 rings (SSSR count). The molecule has 174 valence electrons. The molecular weight excluding hydrogens is 432 g/mol. The Balaban J connectivity index is 1.80. The topological polar surface area (TPSA) is 86.5 Å². The lowest BCUT2D eigenvalue weighted by atomic mass is 10.1. The van der Waals surface area contributed by atoms with Gasteiger partial charge in [-0.2, -0.15) is 13.8 Å². The predicted octanol–water partition coefficient (Wildman–Crippen LogP) is 5.82. The number of ether oxygens (including phenoxy) is 2. The number of nitrogens with one attached hydrogen (secondary N) is 1. The van der Waals surface area contributed by atoms with E-state index in [0.717, 1.165) is 5.56 Å². The van der Waals surface area contributed by atoms with Crippen LogP contribution in [-0.4, -0.2) is 29.3 Å². The summed E-state index contributed by atoms with van der Waals surface area (Å²) in [5.74, 6) is 0.704. The average molecular weight is 457 g/mol. The monoisotopic (exact) mass is 457 g/mol. The van der Waals surface area contributed by atoms with Crippen LogP contribution < -0.4 is 14.8 Å². The second-order valence-corrected chi connectivity index (χ2v) is 7.45. The zero-order valence-electron chi connectivity index (χ0n) is 18.8. The average Bonchev–Trinajstić information content (AvgIpc) is 3.25. The highest BCUT2D eigenvalue weighted by Crippen LogP contribution is 2.32. The summed E-state index contributed by atoms with van der Waals surface area (Å²) < 4.78 is 40.4. The van der Waals surface area contributed by atoms with Crippen LogP contribution in [0.5, 0.6) is 11.5 Å². The number of amides is 1. The van der Waals surface area contributed by atoms with Crippen molar-refractivity contribution in [2.24, 2.45) is 0 Å². The minimum Gasteiger partial charge on any atom is -0.490 e. The molecule has 0 atom stereocenters. The smallest absolute Gasteiger partial charge is 0.387 e. The third-order valence-electron chi connectivity index (χ3n) is 4.62. The lowest BCUT2D eigenvalue weighted by Crippen LogP contribution is -2.10. The number of nitrogens with zero attached hydrogens (tertiary/aromatic N) is 2. The highest BCUT2D eigenvalue weighted by atomic mass is 19.3. The molecule has 0 fully saturated rings. The van der Waals surface area contributed by atoms with Gasteiger partial charge in [-0.3, -0.25) is 4.79 Å². The summed E-state index contributed by atoms with van der Waals surface area (Å²) in [6.07, 6.45) is 2.88. The van der Waals surface area contributed by atoms with Crippen molar-refractivity contribution in [1.29, 1.82) is 0 Å². The first-order valence-electron chi connectivity index (χ1n) is 10.4. The van der Waals surface area contributed by atoms with E-state index in [0.29, 0.717) is 28.5 Å². The van der Waals surface area contributed by atoms with Gasteiger partial charge in [0.1, 0.15) is 0 Å². The number of halogens is 2. The first-order valence-corrected chi connectivity index (χ1v) is 10.4. The van der Waals surface area contributed by atoms with E-state index in [2.05, 4.69) is 20.2 Å². The molecule has 0 bridgehead atoms. The molecule has 0 aliphatic carbocycles. The quantitative estimate of drug-likeness (QED) is 0.408. The molecule has 0 saturated carbocycles. The van der Waals surface area contributed by atoms with Crippen LogP contribution in [0.15, 0.2) is 47.0 Å². The summed E-state index contributed by atoms with van der Waals surface area (Å²) >= 11 is 0. The number of anilines is 1. The molecule has 0 saturated heterocycles. The molecule has 1 heterocycles. The molecule has 0 aliphatic heterocycles. The molecule has 0 unspecified atom stereocenters. The van der Waals surface area contributed by atoms with Crippen LogP contribution in [0.1, 0.15) is 43.6 Å². The minimum atomic E-state index is -2.96. The highest BCUT2D eigenvalue weighted by Gasteiger charge is 2.17. The van der Waals surface area contributed by atoms with Crippen LogP contribution in [0.4, 0.5) is 14.5 Å². The van der Waals surface area contributed by atoms with Gasteiger partial charge in [-0.15, -0.1) is 0 Å². The van der Waals surface area contributed by atoms with Gasteiger partial charge in [-0.05, 0) is 49.2 Å². The maximum atomic E-state index is 12.6. The van der Waals surface area contributed by atoms with Gasteiger partial charge in [-0.25, -0.2) is 0 Å². The molecular formula is C24H25F2N3O4. The summed E-state index contributed by atoms with van der Waals surface area (Å²) in [5.41, 5.74) is 2.58. The fourth-order valence-electron chi connectivity index (χ4n) is 3.02. The summed E-state index contributed by atoms with van der Waals surface area (Å²) in [6.45, 7) is 4.82. The number of aryl methyl sites for hydroxylation is 1. The van der Waals surface area contributed by atoms with E-state index in [1.165, 1.54) is 18.2 Å². The van der Waals surface area contributed by atoms with Crippen LogP contribution >= 0.6 is 0 Å². The second kappa shape index (κ2) is 10.7. The van der Waals surface area contributed by atoms with E-state index in [1.54, 1.807) is 25.1 Å². The van der Waals surface area contributed by atoms with Gasteiger partial charge in [0.05, 0.1) is 17.9 Å². The SMILES string of the molecule is CCOc1cc(/C=C/C(=O)Nc2c(C)cccc2-c2nc(C(C)C)no2)ccc1OC(F)F. The van der Waals surface area contributed by atoms with Crippen LogP contribution in [-0.2, 0) is 4.79 Å². The van der Waals surface area contributed by atoms with Crippen molar-refractivity contribution in [2.75, 3.05) is 11.9 Å². The van der Waals surface area contributed by atoms with Crippen molar-refractivity contribution >= 4 is 17.7 Å². The second-order valence-electron chi connectivity index (χ2n) is 7.45. The number of carbonyl (C=O) groups is 1. The molecule has 0 radical (unpaired) electrons. The summed E-state index contributed by atoms with van der Waals surface area (Å²) in [7, 11) is 0. The molecule has 9 heteroatoms. The van der Waals surface area contributed by atoms with E-state index in [9.17, 15) is 13.6 Å². The van der Waals surface area contributed by atoms with Gasteiger partial charge in [-0.1, -0.05) is 37.2 Å². The summed E-state index contributed by atoms with van der Waals surface area (Å²) in [6, 6.07) is 9.94. The summed E-state index contributed by atoms with van der Waals surface area (Å²) in [5, 5.41) is 6.84. The van der Waals surface area contributed by atoms with E-state index in [1.807, 2.05) is 32.9 Å². The number of alkyl halides is 2. The first kappa shape index (κ1) is 23.9. The lowest BCUT2D eigenvalue weighted by molar-refractivity contribution is -0.111. The zero-order chi connectivity index (χ0) is 24.0. The number of rotatable bonds is 9. The molecule has 1 N–H and O–H groups in total. The summed E-state index contributed by atoms with van der Waals surface area (Å²) in [4.78, 5) is 17.1. The van der Waals surface area contributed by atoms with Crippen molar-refractivity contribution in [2.45, 2.75) is 40.2 Å². The Morgan fingerprint density at radius 1 is 1.21 bits per heavy atom. The Morgan fingerprint density at radius 3 is 2.67 bits per heavy atom. The zero-order valence-corrected chi connectivity index (χ0v) is 18.8. The predicted molar refractivity (Wildman–Crippen MR) is 120 cm³/mol. The standard InChI is InChI=1S/C24H25F2N3O4/c1-5-31-19-13-16(9-11-18(19)32-24(25)26)10-12-20(30)27-21-15(4)7-6-8-17(21)23-28-22(14(2)3)29-33-23/h6-14,24H,5H2,1-4H3,(H,27,30)/b12-10+. The van der Waals surface area contributed by atoms with Crippen molar-refractivity contribution < 1.29 is 27.6 Å². The molecule has 1 aromatic heterocycles. The lowest BCUT2D eigenvalue weighted by Gasteiger charge is -2.12. The van der Waals surface area contributed by atoms with Gasteiger partial charge < -0.3 is 19.3 Å². The molecule has 33 heavy (non-hydrogen) atoms. The number of hydrogen-bond donors (Lipinski definition) is 1. The molecule has 7 nitrogen and oxygen atoms in total. The van der Waals surface area contributed by atoms with E-state index < -0.39 is 6.61 Å². The van der Waals surface area contributed by atoms with Crippen LogP contribution in [0, 0.1) is 6.92 Å². The van der Waals surface area contributed by atoms with Crippen LogP contribution in [0.2, 0.25) is 0 Å². The normalized spacial score (nSPS) is 11.4.